The summed E-state index contributed by atoms with van der Waals surface area (Å²) < 4.78 is 27.7. The first kappa shape index (κ1) is 23.7. The normalized spacial score (nSPS) is 23.4. The second kappa shape index (κ2) is 9.08. The van der Waals surface area contributed by atoms with Crippen molar-refractivity contribution in [3.05, 3.63) is 30.0 Å². The van der Waals surface area contributed by atoms with Crippen molar-refractivity contribution in [2.45, 2.75) is 58.8 Å². The zero-order chi connectivity index (χ0) is 23.9. The van der Waals surface area contributed by atoms with Gasteiger partial charge in [0.1, 0.15) is 16.9 Å². The number of fused-ring (bicyclic) bond motifs is 1. The maximum absolute atomic E-state index is 13.3. The maximum Gasteiger partial charge on any atom is 0.244 e. The van der Waals surface area contributed by atoms with Crippen molar-refractivity contribution in [2.24, 2.45) is 11.3 Å². The number of aromatic nitrogens is 3. The van der Waals surface area contributed by atoms with Crippen LogP contribution >= 0.6 is 11.3 Å². The summed E-state index contributed by atoms with van der Waals surface area (Å²) in [4.78, 5) is 14.0. The summed E-state index contributed by atoms with van der Waals surface area (Å²) in [5, 5.41) is 27.6. The monoisotopic (exact) mass is 477 g/mol. The summed E-state index contributed by atoms with van der Waals surface area (Å²) in [7, 11) is 0. The fraction of sp³-hybridized carbons (Fsp3) is 0.522. The number of aryl methyl sites for hydroxylation is 1. The molecule has 7 nitrogen and oxygen atoms in total. The summed E-state index contributed by atoms with van der Waals surface area (Å²) >= 11 is 1.48. The Bertz CT molecular complexity index is 1100. The Balaban J connectivity index is 1.74. The average molecular weight is 478 g/mol. The lowest BCUT2D eigenvalue weighted by atomic mass is 9.97. The van der Waals surface area contributed by atoms with Crippen LogP contribution in [0.4, 0.5) is 20.5 Å². The second-order valence-electron chi connectivity index (χ2n) is 9.72. The summed E-state index contributed by atoms with van der Waals surface area (Å²) in [5.74, 6) is -0.512. The van der Waals surface area contributed by atoms with Gasteiger partial charge in [-0.1, -0.05) is 32.9 Å². The summed E-state index contributed by atoms with van der Waals surface area (Å²) in [6.07, 6.45) is -5.64. The van der Waals surface area contributed by atoms with Crippen LogP contribution < -0.4 is 10.6 Å². The lowest BCUT2D eigenvalue weighted by Crippen LogP contribution is -2.36. The Morgan fingerprint density at radius 1 is 1.12 bits per heavy atom. The molecule has 1 saturated carbocycles. The predicted octanol–water partition coefficient (Wildman–Crippen LogP) is 4.31. The molecule has 0 bridgehead atoms. The van der Waals surface area contributed by atoms with E-state index >= 15 is 0 Å². The van der Waals surface area contributed by atoms with E-state index in [9.17, 15) is 19.0 Å². The van der Waals surface area contributed by atoms with Crippen LogP contribution in [0.15, 0.2) is 24.3 Å². The van der Waals surface area contributed by atoms with Crippen molar-refractivity contribution >= 4 is 33.3 Å². The van der Waals surface area contributed by atoms with E-state index in [2.05, 4.69) is 41.4 Å². The van der Waals surface area contributed by atoms with Crippen LogP contribution in [0, 0.1) is 18.3 Å². The zero-order valence-electron chi connectivity index (χ0n) is 19.0. The topological polar surface area (TPSA) is 103 Å². The standard InChI is InChI=1S/C23H29F2N5O2S/c1-11-16(21-29-13-7-5-6-8-15(13)33-21)20(30-22(27-11)26-10-23(2,3)4)28-14-9-12(19(24)25)17(31)18(14)32/h5-8,12,14,17-19,31-32H,9-10H2,1-4H3,(H2,26,27,28,30)/t12-,14+,17+,18-/m0/s1. The third kappa shape index (κ3) is 5.07. The van der Waals surface area contributed by atoms with E-state index in [1.54, 1.807) is 0 Å². The van der Waals surface area contributed by atoms with Crippen LogP contribution in [0.2, 0.25) is 0 Å². The first-order valence-electron chi connectivity index (χ1n) is 10.9. The number of hydrogen-bond acceptors (Lipinski definition) is 8. The predicted molar refractivity (Wildman–Crippen MR) is 127 cm³/mol. The van der Waals surface area contributed by atoms with Crippen LogP contribution in [0.1, 0.15) is 32.9 Å². The van der Waals surface area contributed by atoms with Gasteiger partial charge in [-0.25, -0.2) is 18.7 Å². The SMILES string of the molecule is Cc1nc(NCC(C)(C)C)nc(N[C@@H]2C[C@H](C(F)F)[C@@H](O)[C@H]2O)c1-c1nc2ccccc2s1. The van der Waals surface area contributed by atoms with Crippen molar-refractivity contribution in [1.29, 1.82) is 0 Å². The Morgan fingerprint density at radius 3 is 2.48 bits per heavy atom. The van der Waals surface area contributed by atoms with E-state index in [1.807, 2.05) is 31.2 Å². The molecule has 1 fully saturated rings. The minimum Gasteiger partial charge on any atom is -0.390 e. The first-order valence-corrected chi connectivity index (χ1v) is 11.7. The number of benzene rings is 1. The fourth-order valence-electron chi connectivity index (χ4n) is 3.97. The second-order valence-corrected chi connectivity index (χ2v) is 10.8. The first-order chi connectivity index (χ1) is 15.5. The van der Waals surface area contributed by atoms with Gasteiger partial charge in [0.15, 0.2) is 0 Å². The zero-order valence-corrected chi connectivity index (χ0v) is 19.8. The van der Waals surface area contributed by atoms with Gasteiger partial charge < -0.3 is 20.8 Å². The van der Waals surface area contributed by atoms with Gasteiger partial charge >= 0.3 is 0 Å². The third-order valence-corrected chi connectivity index (χ3v) is 6.80. The Morgan fingerprint density at radius 2 is 1.85 bits per heavy atom. The van der Waals surface area contributed by atoms with Crippen LogP contribution in [-0.4, -0.2) is 56.4 Å². The molecule has 4 rings (SSSR count). The largest absolute Gasteiger partial charge is 0.390 e. The minimum absolute atomic E-state index is 0.00714. The molecule has 1 aliphatic rings. The molecule has 0 unspecified atom stereocenters. The van der Waals surface area contributed by atoms with Crippen LogP contribution in [0.3, 0.4) is 0 Å². The molecule has 1 aliphatic carbocycles. The number of aliphatic hydroxyl groups excluding tert-OH is 2. The molecule has 0 saturated heterocycles. The lowest BCUT2D eigenvalue weighted by Gasteiger charge is -2.22. The number of aliphatic hydroxyl groups is 2. The Labute approximate surface area is 195 Å². The summed E-state index contributed by atoms with van der Waals surface area (Å²) in [6.45, 7) is 8.73. The highest BCUT2D eigenvalue weighted by Crippen LogP contribution is 2.39. The highest BCUT2D eigenvalue weighted by Gasteiger charge is 2.46. The number of nitrogens with one attached hydrogen (secondary N) is 2. The van der Waals surface area contributed by atoms with Crippen molar-refractivity contribution in [1.82, 2.24) is 15.0 Å². The minimum atomic E-state index is -2.72. The molecule has 1 aromatic carbocycles. The number of halogens is 2. The molecule has 178 valence electrons. The van der Waals surface area contributed by atoms with Crippen molar-refractivity contribution in [3.63, 3.8) is 0 Å². The van der Waals surface area contributed by atoms with Gasteiger partial charge in [0.25, 0.3) is 0 Å². The Hall–Kier alpha value is -2.43. The molecule has 10 heteroatoms. The third-order valence-electron chi connectivity index (χ3n) is 5.75. The molecule has 2 heterocycles. The highest BCUT2D eigenvalue weighted by molar-refractivity contribution is 7.21. The van der Waals surface area contributed by atoms with E-state index in [4.69, 9.17) is 4.98 Å². The molecule has 4 N–H and O–H groups in total. The van der Waals surface area contributed by atoms with E-state index in [0.717, 1.165) is 10.2 Å². The summed E-state index contributed by atoms with van der Waals surface area (Å²) in [6, 6.07) is 6.96. The van der Waals surface area contributed by atoms with Crippen molar-refractivity contribution in [2.75, 3.05) is 17.2 Å². The van der Waals surface area contributed by atoms with Gasteiger partial charge in [0, 0.05) is 6.54 Å². The number of alkyl halides is 2. The lowest BCUT2D eigenvalue weighted by molar-refractivity contribution is -0.0333. The van der Waals surface area contributed by atoms with Gasteiger partial charge in [-0.05, 0) is 30.9 Å². The molecule has 0 aliphatic heterocycles. The molecule has 3 aromatic rings. The molecule has 0 amide bonds. The molecule has 0 radical (unpaired) electrons. The highest BCUT2D eigenvalue weighted by atomic mass is 32.1. The molecule has 4 atom stereocenters. The molecule has 33 heavy (non-hydrogen) atoms. The summed E-state index contributed by atoms with van der Waals surface area (Å²) in [5.41, 5.74) is 2.15. The van der Waals surface area contributed by atoms with Gasteiger partial charge in [0.05, 0.1) is 39.5 Å². The van der Waals surface area contributed by atoms with Gasteiger partial charge in [-0.3, -0.25) is 0 Å². The van der Waals surface area contributed by atoms with Crippen LogP contribution in [0.25, 0.3) is 20.8 Å². The number of thiazole rings is 1. The van der Waals surface area contributed by atoms with Crippen molar-refractivity contribution < 1.29 is 19.0 Å². The number of nitrogens with zero attached hydrogens (tertiary/aromatic N) is 3. The van der Waals surface area contributed by atoms with Gasteiger partial charge in [-0.2, -0.15) is 4.98 Å². The number of rotatable bonds is 6. The molecule has 0 spiro atoms. The van der Waals surface area contributed by atoms with E-state index in [0.29, 0.717) is 34.6 Å². The average Bonchev–Trinajstić information content (AvgIpc) is 3.28. The van der Waals surface area contributed by atoms with E-state index in [1.165, 1.54) is 11.3 Å². The van der Waals surface area contributed by atoms with E-state index < -0.39 is 30.6 Å². The fourth-order valence-corrected chi connectivity index (χ4v) is 5.03. The number of para-hydroxylation sites is 1. The maximum atomic E-state index is 13.3. The number of hydrogen-bond donors (Lipinski definition) is 4. The van der Waals surface area contributed by atoms with Crippen LogP contribution in [0.5, 0.6) is 0 Å². The van der Waals surface area contributed by atoms with Gasteiger partial charge in [-0.15, -0.1) is 11.3 Å². The molecule has 2 aromatic heterocycles. The smallest absolute Gasteiger partial charge is 0.244 e. The molecular weight excluding hydrogens is 448 g/mol. The Kier molecular flexibility index (Phi) is 6.52. The number of anilines is 2. The quantitative estimate of drug-likeness (QED) is 0.420. The van der Waals surface area contributed by atoms with Crippen molar-refractivity contribution in [3.8, 4) is 10.6 Å². The van der Waals surface area contributed by atoms with E-state index in [-0.39, 0.29) is 11.8 Å². The van der Waals surface area contributed by atoms with Crippen LogP contribution in [-0.2, 0) is 0 Å². The molecular formula is C23H29F2N5O2S. The van der Waals surface area contributed by atoms with Gasteiger partial charge in [0.2, 0.25) is 12.4 Å².